The first-order valence-electron chi connectivity index (χ1n) is 7.40. The molecule has 0 aromatic carbocycles. The van der Waals surface area contributed by atoms with E-state index in [2.05, 4.69) is 33.4 Å². The van der Waals surface area contributed by atoms with Gasteiger partial charge in [0.1, 0.15) is 0 Å². The molecule has 6 nitrogen and oxygen atoms in total. The molecule has 2 rings (SSSR count). The predicted octanol–water partition coefficient (Wildman–Crippen LogP) is 0.386. The molecular formula is C14H24N4O2S. The van der Waals surface area contributed by atoms with Crippen LogP contribution in [0.1, 0.15) is 13.8 Å². The molecule has 21 heavy (non-hydrogen) atoms. The van der Waals surface area contributed by atoms with Crippen LogP contribution in [0, 0.1) is 0 Å². The van der Waals surface area contributed by atoms with Crippen LogP contribution >= 0.6 is 0 Å². The van der Waals surface area contributed by atoms with E-state index in [9.17, 15) is 8.42 Å². The number of piperazine rings is 1. The van der Waals surface area contributed by atoms with Crippen LogP contribution in [-0.4, -0.2) is 68.5 Å². The van der Waals surface area contributed by atoms with Gasteiger partial charge >= 0.3 is 0 Å². The van der Waals surface area contributed by atoms with Crippen molar-refractivity contribution >= 4 is 10.0 Å². The fraction of sp³-hybridized carbons (Fsp3) is 0.643. The van der Waals surface area contributed by atoms with E-state index < -0.39 is 10.0 Å². The number of nitrogens with zero attached hydrogens (tertiary/aromatic N) is 3. The van der Waals surface area contributed by atoms with Gasteiger partial charge in [-0.3, -0.25) is 4.90 Å². The Kier molecular flexibility index (Phi) is 5.69. The zero-order chi connectivity index (χ0) is 15.3. The van der Waals surface area contributed by atoms with E-state index in [-0.39, 0.29) is 11.1 Å². The SMILES string of the molecule is CCN1CCN([C@@H](C)CNS(=O)(=O)c2ccccn2)CC1. The van der Waals surface area contributed by atoms with E-state index in [0.717, 1.165) is 32.7 Å². The quantitative estimate of drug-likeness (QED) is 0.823. The highest BCUT2D eigenvalue weighted by Gasteiger charge is 2.22. The van der Waals surface area contributed by atoms with Gasteiger partial charge in [0, 0.05) is 45.0 Å². The molecule has 1 aromatic heterocycles. The van der Waals surface area contributed by atoms with Crippen LogP contribution in [0.5, 0.6) is 0 Å². The van der Waals surface area contributed by atoms with Gasteiger partial charge in [-0.05, 0) is 25.6 Å². The predicted molar refractivity (Wildman–Crippen MR) is 82.6 cm³/mol. The van der Waals surface area contributed by atoms with E-state index in [0.29, 0.717) is 6.54 Å². The van der Waals surface area contributed by atoms with Crippen molar-refractivity contribution in [1.82, 2.24) is 19.5 Å². The summed E-state index contributed by atoms with van der Waals surface area (Å²) in [6.45, 7) is 9.78. The summed E-state index contributed by atoms with van der Waals surface area (Å²) >= 11 is 0. The molecule has 2 heterocycles. The fourth-order valence-corrected chi connectivity index (χ4v) is 3.53. The van der Waals surface area contributed by atoms with Crippen LogP contribution < -0.4 is 4.72 Å². The van der Waals surface area contributed by atoms with Crippen molar-refractivity contribution < 1.29 is 8.42 Å². The molecule has 1 aliphatic rings. The largest absolute Gasteiger partial charge is 0.301 e. The summed E-state index contributed by atoms with van der Waals surface area (Å²) in [5, 5.41) is 0.0769. The number of rotatable bonds is 6. The van der Waals surface area contributed by atoms with Crippen molar-refractivity contribution in [2.45, 2.75) is 24.9 Å². The lowest BCUT2D eigenvalue weighted by molar-refractivity contribution is 0.107. The Balaban J connectivity index is 1.85. The molecule has 1 aromatic rings. The maximum absolute atomic E-state index is 12.1. The van der Waals surface area contributed by atoms with Crippen molar-refractivity contribution in [3.05, 3.63) is 24.4 Å². The van der Waals surface area contributed by atoms with Gasteiger partial charge in [0.15, 0.2) is 5.03 Å². The molecule has 1 fully saturated rings. The monoisotopic (exact) mass is 312 g/mol. The average Bonchev–Trinajstić information content (AvgIpc) is 2.53. The smallest absolute Gasteiger partial charge is 0.258 e. The maximum atomic E-state index is 12.1. The Morgan fingerprint density at radius 3 is 2.57 bits per heavy atom. The van der Waals surface area contributed by atoms with Crippen molar-refractivity contribution in [3.8, 4) is 0 Å². The molecule has 0 aliphatic carbocycles. The molecule has 0 radical (unpaired) electrons. The van der Waals surface area contributed by atoms with Gasteiger partial charge in [0.25, 0.3) is 10.0 Å². The first kappa shape index (κ1) is 16.4. The van der Waals surface area contributed by atoms with E-state index in [1.165, 1.54) is 12.3 Å². The molecule has 118 valence electrons. The first-order chi connectivity index (χ1) is 10.0. The van der Waals surface area contributed by atoms with Crippen LogP contribution in [0.3, 0.4) is 0 Å². The van der Waals surface area contributed by atoms with Crippen LogP contribution in [0.25, 0.3) is 0 Å². The van der Waals surface area contributed by atoms with E-state index in [1.54, 1.807) is 12.1 Å². The maximum Gasteiger partial charge on any atom is 0.258 e. The van der Waals surface area contributed by atoms with Gasteiger partial charge in [-0.2, -0.15) is 0 Å². The summed E-state index contributed by atoms with van der Waals surface area (Å²) in [5.41, 5.74) is 0. The molecule has 7 heteroatoms. The second kappa shape index (κ2) is 7.31. The summed E-state index contributed by atoms with van der Waals surface area (Å²) in [6.07, 6.45) is 1.49. The molecule has 0 saturated carbocycles. The van der Waals surface area contributed by atoms with Crippen LogP contribution in [0.4, 0.5) is 0 Å². The zero-order valence-electron chi connectivity index (χ0n) is 12.7. The number of likely N-dealkylation sites (N-methyl/N-ethyl adjacent to an activating group) is 1. The number of aromatic nitrogens is 1. The zero-order valence-corrected chi connectivity index (χ0v) is 13.5. The number of pyridine rings is 1. The summed E-state index contributed by atoms with van der Waals surface area (Å²) in [7, 11) is -3.51. The third-order valence-electron chi connectivity index (χ3n) is 3.96. The number of sulfonamides is 1. The number of nitrogens with one attached hydrogen (secondary N) is 1. The third-order valence-corrected chi connectivity index (χ3v) is 5.30. The Hall–Kier alpha value is -1.02. The van der Waals surface area contributed by atoms with Gasteiger partial charge in [0.05, 0.1) is 0 Å². The topological polar surface area (TPSA) is 65.5 Å². The summed E-state index contributed by atoms with van der Waals surface area (Å²) in [5.74, 6) is 0. The van der Waals surface area contributed by atoms with Gasteiger partial charge < -0.3 is 4.90 Å². The van der Waals surface area contributed by atoms with Crippen molar-refractivity contribution in [2.24, 2.45) is 0 Å². The molecular weight excluding hydrogens is 288 g/mol. The standard InChI is InChI=1S/C14H24N4O2S/c1-3-17-8-10-18(11-9-17)13(2)12-16-21(19,20)14-6-4-5-7-15-14/h4-7,13,16H,3,8-12H2,1-2H3/t13-/m0/s1. The molecule has 1 N–H and O–H groups in total. The minimum atomic E-state index is -3.51. The Bertz CT molecular complexity index is 527. The van der Waals surface area contributed by atoms with Gasteiger partial charge in [0.2, 0.25) is 0 Å². The van der Waals surface area contributed by atoms with E-state index in [4.69, 9.17) is 0 Å². The Morgan fingerprint density at radius 2 is 2.00 bits per heavy atom. The molecule has 0 spiro atoms. The first-order valence-corrected chi connectivity index (χ1v) is 8.88. The third kappa shape index (κ3) is 4.47. The van der Waals surface area contributed by atoms with Crippen molar-refractivity contribution in [3.63, 3.8) is 0 Å². The lowest BCUT2D eigenvalue weighted by Crippen LogP contribution is -2.52. The lowest BCUT2D eigenvalue weighted by atomic mass is 10.2. The normalized spacial score (nSPS) is 19.5. The summed E-state index contributed by atoms with van der Waals surface area (Å²) < 4.78 is 26.9. The molecule has 1 aliphatic heterocycles. The van der Waals surface area contributed by atoms with Crippen molar-refractivity contribution in [1.29, 1.82) is 0 Å². The van der Waals surface area contributed by atoms with Crippen LogP contribution in [0.2, 0.25) is 0 Å². The minimum Gasteiger partial charge on any atom is -0.301 e. The average molecular weight is 312 g/mol. The molecule has 1 saturated heterocycles. The summed E-state index contributed by atoms with van der Waals surface area (Å²) in [6, 6.07) is 5.07. The summed E-state index contributed by atoms with van der Waals surface area (Å²) in [4.78, 5) is 8.62. The van der Waals surface area contributed by atoms with Gasteiger partial charge in [-0.1, -0.05) is 13.0 Å². The second-order valence-electron chi connectivity index (χ2n) is 5.34. The van der Waals surface area contributed by atoms with E-state index >= 15 is 0 Å². The van der Waals surface area contributed by atoms with Crippen molar-refractivity contribution in [2.75, 3.05) is 39.3 Å². The second-order valence-corrected chi connectivity index (χ2v) is 7.05. The minimum absolute atomic E-state index is 0.0769. The Labute approximate surface area is 127 Å². The lowest BCUT2D eigenvalue weighted by Gasteiger charge is -2.37. The highest BCUT2D eigenvalue weighted by molar-refractivity contribution is 7.89. The number of hydrogen-bond donors (Lipinski definition) is 1. The van der Waals surface area contributed by atoms with Gasteiger partial charge in [-0.25, -0.2) is 18.1 Å². The van der Waals surface area contributed by atoms with Crippen LogP contribution in [0.15, 0.2) is 29.4 Å². The number of hydrogen-bond acceptors (Lipinski definition) is 5. The van der Waals surface area contributed by atoms with Crippen LogP contribution in [-0.2, 0) is 10.0 Å². The van der Waals surface area contributed by atoms with Gasteiger partial charge in [-0.15, -0.1) is 0 Å². The Morgan fingerprint density at radius 1 is 1.29 bits per heavy atom. The molecule has 0 unspecified atom stereocenters. The fourth-order valence-electron chi connectivity index (χ4n) is 2.46. The molecule has 0 bridgehead atoms. The highest BCUT2D eigenvalue weighted by atomic mass is 32.2. The highest BCUT2D eigenvalue weighted by Crippen LogP contribution is 2.07. The molecule has 0 amide bonds. The van der Waals surface area contributed by atoms with E-state index in [1.807, 2.05) is 0 Å². The molecule has 1 atom stereocenters.